The molecule has 9 heteroatoms. The molecule has 0 spiro atoms. The van der Waals surface area contributed by atoms with Crippen molar-refractivity contribution in [3.63, 3.8) is 0 Å². The molecule has 1 unspecified atom stereocenters. The van der Waals surface area contributed by atoms with Gasteiger partial charge in [-0.25, -0.2) is 16.8 Å². The quantitative estimate of drug-likeness (QED) is 0.852. The minimum absolute atomic E-state index is 0.0675. The van der Waals surface area contributed by atoms with E-state index < -0.39 is 20.0 Å². The number of hydrogen-bond donors (Lipinski definition) is 1. The third kappa shape index (κ3) is 3.97. The summed E-state index contributed by atoms with van der Waals surface area (Å²) >= 11 is 0. The number of anilines is 1. The van der Waals surface area contributed by atoms with E-state index in [1.807, 2.05) is 6.92 Å². The topological polar surface area (TPSA) is 92.8 Å². The average molecular weight is 348 g/mol. The third-order valence-corrected chi connectivity index (χ3v) is 6.50. The molecule has 1 aliphatic rings. The van der Waals surface area contributed by atoms with Crippen LogP contribution in [0.25, 0.3) is 0 Å². The van der Waals surface area contributed by atoms with Crippen molar-refractivity contribution in [3.05, 3.63) is 24.3 Å². The molecule has 22 heavy (non-hydrogen) atoms. The third-order valence-electron chi connectivity index (χ3n) is 3.33. The molecule has 0 radical (unpaired) electrons. The lowest BCUT2D eigenvalue weighted by Gasteiger charge is -2.30. The van der Waals surface area contributed by atoms with Crippen LogP contribution in [0.1, 0.15) is 13.8 Å². The average Bonchev–Trinajstić information content (AvgIpc) is 2.47. The van der Waals surface area contributed by atoms with Crippen LogP contribution in [0, 0.1) is 0 Å². The van der Waals surface area contributed by atoms with E-state index in [0.29, 0.717) is 6.61 Å². The summed E-state index contributed by atoms with van der Waals surface area (Å²) in [6.45, 7) is 4.25. The Kier molecular flexibility index (Phi) is 5.10. The highest BCUT2D eigenvalue weighted by Crippen LogP contribution is 2.22. The molecular formula is C13H20N2O5S2. The molecule has 0 bridgehead atoms. The van der Waals surface area contributed by atoms with E-state index >= 15 is 0 Å². The zero-order valence-electron chi connectivity index (χ0n) is 12.5. The first-order chi connectivity index (χ1) is 10.2. The number of morpholine rings is 1. The Morgan fingerprint density at radius 3 is 2.68 bits per heavy atom. The van der Waals surface area contributed by atoms with Crippen LogP contribution in [0.2, 0.25) is 0 Å². The van der Waals surface area contributed by atoms with Crippen LogP contribution < -0.4 is 4.72 Å². The fourth-order valence-electron chi connectivity index (χ4n) is 2.13. The van der Waals surface area contributed by atoms with E-state index in [4.69, 9.17) is 4.74 Å². The predicted molar refractivity (Wildman–Crippen MR) is 83.7 cm³/mol. The van der Waals surface area contributed by atoms with Gasteiger partial charge in [-0.15, -0.1) is 0 Å². The van der Waals surface area contributed by atoms with Crippen LogP contribution in [0.4, 0.5) is 5.69 Å². The Hall–Kier alpha value is -1.16. The van der Waals surface area contributed by atoms with Gasteiger partial charge in [0.15, 0.2) is 0 Å². The van der Waals surface area contributed by atoms with Crippen LogP contribution in [0.15, 0.2) is 29.2 Å². The number of hydrogen-bond acceptors (Lipinski definition) is 5. The molecular weight excluding hydrogens is 328 g/mol. The summed E-state index contributed by atoms with van der Waals surface area (Å²) in [4.78, 5) is 0.0675. The number of rotatable bonds is 5. The monoisotopic (exact) mass is 348 g/mol. The summed E-state index contributed by atoms with van der Waals surface area (Å²) in [7, 11) is -7.11. The van der Waals surface area contributed by atoms with Crippen molar-refractivity contribution in [3.8, 4) is 0 Å². The maximum atomic E-state index is 12.6. The van der Waals surface area contributed by atoms with E-state index in [-0.39, 0.29) is 35.5 Å². The summed E-state index contributed by atoms with van der Waals surface area (Å²) in [5, 5.41) is 0. The Labute approximate surface area is 131 Å². The van der Waals surface area contributed by atoms with Crippen molar-refractivity contribution in [1.82, 2.24) is 4.31 Å². The lowest BCUT2D eigenvalue weighted by atomic mass is 10.3. The predicted octanol–water partition coefficient (Wildman–Crippen LogP) is 0.858. The van der Waals surface area contributed by atoms with Crippen LogP contribution in [0.5, 0.6) is 0 Å². The van der Waals surface area contributed by atoms with E-state index in [1.54, 1.807) is 0 Å². The molecule has 1 saturated heterocycles. The highest BCUT2D eigenvalue weighted by molar-refractivity contribution is 7.92. The minimum Gasteiger partial charge on any atom is -0.376 e. The molecule has 1 heterocycles. The fraction of sp³-hybridized carbons (Fsp3) is 0.538. The van der Waals surface area contributed by atoms with Crippen molar-refractivity contribution >= 4 is 25.7 Å². The maximum Gasteiger partial charge on any atom is 0.243 e. The molecule has 1 aliphatic heterocycles. The Bertz CT molecular complexity index is 731. The standard InChI is InChI=1S/C13H20N2O5S2/c1-3-21(16,17)14-12-5-4-6-13(9-12)22(18,19)15-7-8-20-11(2)10-15/h4-6,9,11,14H,3,7-8,10H2,1-2H3. The summed E-state index contributed by atoms with van der Waals surface area (Å²) < 4.78 is 57.5. The van der Waals surface area contributed by atoms with Gasteiger partial charge in [-0.3, -0.25) is 4.72 Å². The molecule has 2 rings (SSSR count). The second-order valence-electron chi connectivity index (χ2n) is 5.08. The van der Waals surface area contributed by atoms with E-state index in [2.05, 4.69) is 4.72 Å². The van der Waals surface area contributed by atoms with E-state index in [9.17, 15) is 16.8 Å². The number of nitrogens with one attached hydrogen (secondary N) is 1. The molecule has 0 saturated carbocycles. The number of sulfonamides is 2. The second-order valence-corrected chi connectivity index (χ2v) is 9.03. The molecule has 1 N–H and O–H groups in total. The van der Waals surface area contributed by atoms with Crippen molar-refractivity contribution < 1.29 is 21.6 Å². The number of benzene rings is 1. The first-order valence-electron chi connectivity index (χ1n) is 6.97. The maximum absolute atomic E-state index is 12.6. The van der Waals surface area contributed by atoms with Crippen LogP contribution in [0.3, 0.4) is 0 Å². The molecule has 0 amide bonds. The van der Waals surface area contributed by atoms with Crippen molar-refractivity contribution in [2.45, 2.75) is 24.8 Å². The van der Waals surface area contributed by atoms with Crippen LogP contribution in [-0.2, 0) is 24.8 Å². The molecule has 7 nitrogen and oxygen atoms in total. The van der Waals surface area contributed by atoms with Gasteiger partial charge >= 0.3 is 0 Å². The molecule has 1 aromatic carbocycles. The summed E-state index contributed by atoms with van der Waals surface area (Å²) in [6, 6.07) is 5.83. The zero-order valence-corrected chi connectivity index (χ0v) is 14.2. The SMILES string of the molecule is CCS(=O)(=O)Nc1cccc(S(=O)(=O)N2CCOC(C)C2)c1. The lowest BCUT2D eigenvalue weighted by Crippen LogP contribution is -2.44. The Morgan fingerprint density at radius 2 is 2.05 bits per heavy atom. The molecule has 124 valence electrons. The van der Waals surface area contributed by atoms with Crippen molar-refractivity contribution in [2.24, 2.45) is 0 Å². The summed E-state index contributed by atoms with van der Waals surface area (Å²) in [5.74, 6) is -0.0784. The van der Waals surface area contributed by atoms with Gasteiger partial charge in [0.2, 0.25) is 20.0 Å². The van der Waals surface area contributed by atoms with Gasteiger partial charge < -0.3 is 4.74 Å². The van der Waals surface area contributed by atoms with E-state index in [1.165, 1.54) is 35.5 Å². The van der Waals surface area contributed by atoms with Gasteiger partial charge in [-0.2, -0.15) is 4.31 Å². The van der Waals surface area contributed by atoms with Gasteiger partial charge in [-0.05, 0) is 32.0 Å². The number of ether oxygens (including phenoxy) is 1. The zero-order chi connectivity index (χ0) is 16.4. The van der Waals surface area contributed by atoms with Gasteiger partial charge in [-0.1, -0.05) is 6.07 Å². The van der Waals surface area contributed by atoms with Crippen molar-refractivity contribution in [1.29, 1.82) is 0 Å². The largest absolute Gasteiger partial charge is 0.376 e. The molecule has 0 aliphatic carbocycles. The Morgan fingerprint density at radius 1 is 1.32 bits per heavy atom. The van der Waals surface area contributed by atoms with Crippen LogP contribution in [-0.4, -0.2) is 52.7 Å². The molecule has 1 fully saturated rings. The van der Waals surface area contributed by atoms with Crippen molar-refractivity contribution in [2.75, 3.05) is 30.2 Å². The molecule has 0 aromatic heterocycles. The molecule has 1 aromatic rings. The lowest BCUT2D eigenvalue weighted by molar-refractivity contribution is 0.0102. The van der Waals surface area contributed by atoms with E-state index in [0.717, 1.165) is 0 Å². The molecule has 1 atom stereocenters. The number of nitrogens with zero attached hydrogens (tertiary/aromatic N) is 1. The summed E-state index contributed by atoms with van der Waals surface area (Å²) in [6.07, 6.45) is -0.162. The fourth-order valence-corrected chi connectivity index (χ4v) is 4.30. The highest BCUT2D eigenvalue weighted by Gasteiger charge is 2.29. The normalized spacial score (nSPS) is 20.7. The summed E-state index contributed by atoms with van der Waals surface area (Å²) in [5.41, 5.74) is 0.240. The minimum atomic E-state index is -3.66. The van der Waals surface area contributed by atoms with Gasteiger partial charge in [0, 0.05) is 18.8 Å². The first-order valence-corrected chi connectivity index (χ1v) is 10.1. The van der Waals surface area contributed by atoms with Gasteiger partial charge in [0.25, 0.3) is 0 Å². The second kappa shape index (κ2) is 6.53. The first kappa shape index (κ1) is 17.2. The van der Waals surface area contributed by atoms with Gasteiger partial charge in [0.1, 0.15) is 0 Å². The van der Waals surface area contributed by atoms with Gasteiger partial charge in [0.05, 0.1) is 23.4 Å². The van der Waals surface area contributed by atoms with Crippen LogP contribution >= 0.6 is 0 Å². The Balaban J connectivity index is 2.28. The smallest absolute Gasteiger partial charge is 0.243 e. The highest BCUT2D eigenvalue weighted by atomic mass is 32.2.